The Labute approximate surface area is 179 Å². The van der Waals surface area contributed by atoms with Crippen LogP contribution < -0.4 is 10.0 Å². The average molecular weight is 453 g/mol. The van der Waals surface area contributed by atoms with Gasteiger partial charge in [-0.1, -0.05) is 18.2 Å². The van der Waals surface area contributed by atoms with Gasteiger partial charge in [-0.25, -0.2) is 13.1 Å². The normalized spacial score (nSPS) is 11.1. The number of thiophene rings is 1. The van der Waals surface area contributed by atoms with Crippen molar-refractivity contribution in [3.05, 3.63) is 57.3 Å². The van der Waals surface area contributed by atoms with E-state index in [1.807, 2.05) is 19.1 Å². The van der Waals surface area contributed by atoms with Crippen molar-refractivity contribution in [3.63, 3.8) is 0 Å². The summed E-state index contributed by atoms with van der Waals surface area (Å²) < 4.78 is 29.5. The molecule has 0 aliphatic rings. The van der Waals surface area contributed by atoms with Gasteiger partial charge in [0.2, 0.25) is 15.8 Å². The Morgan fingerprint density at radius 1 is 1.07 bits per heavy atom. The number of carbonyl (C=O) groups excluding carboxylic acids is 3. The summed E-state index contributed by atoms with van der Waals surface area (Å²) in [6.45, 7) is 1.80. The fraction of sp³-hybridized carbons (Fsp3) is 0.350. The Hall–Kier alpha value is -2.56. The molecule has 1 aromatic carbocycles. The first-order chi connectivity index (χ1) is 14.2. The van der Waals surface area contributed by atoms with Crippen LogP contribution in [0.15, 0.2) is 36.4 Å². The topological polar surface area (TPSA) is 119 Å². The SMILES string of the molecule is Cc1ccccc1C(=O)NCCC(=O)OCC(=O)c1ccc(CCNS(C)(=O)=O)s1. The van der Waals surface area contributed by atoms with Crippen molar-refractivity contribution in [2.75, 3.05) is 26.0 Å². The summed E-state index contributed by atoms with van der Waals surface area (Å²) >= 11 is 1.23. The molecule has 0 radical (unpaired) electrons. The molecule has 0 saturated carbocycles. The highest BCUT2D eigenvalue weighted by atomic mass is 32.2. The maximum absolute atomic E-state index is 12.2. The fourth-order valence-corrected chi connectivity index (χ4v) is 3.92. The molecule has 10 heteroatoms. The van der Waals surface area contributed by atoms with Gasteiger partial charge in [0.1, 0.15) is 0 Å². The molecule has 8 nitrogen and oxygen atoms in total. The third-order valence-electron chi connectivity index (χ3n) is 4.04. The highest BCUT2D eigenvalue weighted by molar-refractivity contribution is 7.88. The van der Waals surface area contributed by atoms with E-state index in [9.17, 15) is 22.8 Å². The number of hydrogen-bond acceptors (Lipinski definition) is 7. The maximum atomic E-state index is 12.2. The quantitative estimate of drug-likeness (QED) is 0.396. The molecule has 30 heavy (non-hydrogen) atoms. The van der Waals surface area contributed by atoms with E-state index in [0.717, 1.165) is 16.7 Å². The van der Waals surface area contributed by atoms with Crippen LogP contribution in [0.5, 0.6) is 0 Å². The predicted octanol–water partition coefficient (Wildman–Crippen LogP) is 1.69. The van der Waals surface area contributed by atoms with Crippen LogP contribution in [0.2, 0.25) is 0 Å². The van der Waals surface area contributed by atoms with Crippen LogP contribution >= 0.6 is 11.3 Å². The van der Waals surface area contributed by atoms with Crippen LogP contribution in [-0.2, 0) is 26.0 Å². The molecule has 0 aliphatic carbocycles. The Kier molecular flexibility index (Phi) is 8.70. The van der Waals surface area contributed by atoms with Crippen LogP contribution in [0.3, 0.4) is 0 Å². The lowest BCUT2D eigenvalue weighted by Gasteiger charge is -2.07. The lowest BCUT2D eigenvalue weighted by Crippen LogP contribution is -2.27. The number of aryl methyl sites for hydroxylation is 1. The summed E-state index contributed by atoms with van der Waals surface area (Å²) in [4.78, 5) is 37.3. The minimum absolute atomic E-state index is 0.0439. The molecule has 2 N–H and O–H groups in total. The van der Waals surface area contributed by atoms with E-state index in [1.165, 1.54) is 11.3 Å². The standard InChI is InChI=1S/C20H24N2O6S2/c1-14-5-3-4-6-16(14)20(25)21-11-10-19(24)28-13-17(23)18-8-7-15(29-18)9-12-22-30(2,26)27/h3-8,22H,9-13H2,1-2H3,(H,21,25). The van der Waals surface area contributed by atoms with Gasteiger partial charge >= 0.3 is 5.97 Å². The first-order valence-corrected chi connectivity index (χ1v) is 11.9. The van der Waals surface area contributed by atoms with Crippen LogP contribution in [0.25, 0.3) is 0 Å². The Bertz CT molecular complexity index is 1010. The van der Waals surface area contributed by atoms with Gasteiger partial charge in [0, 0.05) is 23.5 Å². The van der Waals surface area contributed by atoms with Crippen LogP contribution in [-0.4, -0.2) is 52.0 Å². The monoisotopic (exact) mass is 452 g/mol. The molecule has 0 bridgehead atoms. The maximum Gasteiger partial charge on any atom is 0.308 e. The molecule has 162 valence electrons. The lowest BCUT2D eigenvalue weighted by atomic mass is 10.1. The molecule has 0 spiro atoms. The minimum atomic E-state index is -3.25. The largest absolute Gasteiger partial charge is 0.457 e. The number of amides is 1. The molecule has 2 rings (SSSR count). The zero-order chi connectivity index (χ0) is 22.1. The summed E-state index contributed by atoms with van der Waals surface area (Å²) in [6, 6.07) is 10.5. The van der Waals surface area contributed by atoms with Crippen molar-refractivity contribution in [1.82, 2.24) is 10.0 Å². The molecule has 0 saturated heterocycles. The Morgan fingerprint density at radius 3 is 2.50 bits per heavy atom. The van der Waals surface area contributed by atoms with Gasteiger partial charge in [-0.3, -0.25) is 14.4 Å². The van der Waals surface area contributed by atoms with Crippen molar-refractivity contribution >= 4 is 39.0 Å². The fourth-order valence-electron chi connectivity index (χ4n) is 2.51. The number of ketones is 1. The van der Waals surface area contributed by atoms with E-state index >= 15 is 0 Å². The number of ether oxygens (including phenoxy) is 1. The number of nitrogens with one attached hydrogen (secondary N) is 2. The van der Waals surface area contributed by atoms with E-state index in [0.29, 0.717) is 16.9 Å². The first kappa shape index (κ1) is 23.7. The number of Topliss-reactive ketones (excluding diaryl/α,β-unsaturated/α-hetero) is 1. The van der Waals surface area contributed by atoms with Crippen molar-refractivity contribution in [3.8, 4) is 0 Å². The van der Waals surface area contributed by atoms with Crippen LogP contribution in [0, 0.1) is 6.92 Å². The molecule has 0 unspecified atom stereocenters. The predicted molar refractivity (Wildman–Crippen MR) is 114 cm³/mol. The van der Waals surface area contributed by atoms with Crippen LogP contribution in [0.4, 0.5) is 0 Å². The summed E-state index contributed by atoms with van der Waals surface area (Å²) in [7, 11) is -3.25. The second kappa shape index (κ2) is 11.0. The van der Waals surface area contributed by atoms with Gasteiger partial charge in [0.15, 0.2) is 6.61 Å². The van der Waals surface area contributed by atoms with Crippen molar-refractivity contribution in [1.29, 1.82) is 0 Å². The van der Waals surface area contributed by atoms with E-state index in [2.05, 4.69) is 10.0 Å². The van der Waals surface area contributed by atoms with E-state index in [-0.39, 0.29) is 37.8 Å². The smallest absolute Gasteiger partial charge is 0.308 e. The average Bonchev–Trinajstić information content (AvgIpc) is 3.14. The van der Waals surface area contributed by atoms with Crippen molar-refractivity contribution in [2.45, 2.75) is 19.8 Å². The van der Waals surface area contributed by atoms with Crippen LogP contribution in [0.1, 0.15) is 36.9 Å². The highest BCUT2D eigenvalue weighted by Crippen LogP contribution is 2.17. The molecule has 0 aliphatic heterocycles. The molecule has 2 aromatic rings. The summed E-state index contributed by atoms with van der Waals surface area (Å²) in [5.74, 6) is -1.18. The zero-order valence-corrected chi connectivity index (χ0v) is 18.4. The summed E-state index contributed by atoms with van der Waals surface area (Å²) in [6.07, 6.45) is 1.50. The van der Waals surface area contributed by atoms with Crippen molar-refractivity contribution in [2.24, 2.45) is 0 Å². The van der Waals surface area contributed by atoms with Gasteiger partial charge < -0.3 is 10.1 Å². The van der Waals surface area contributed by atoms with E-state index in [4.69, 9.17) is 4.74 Å². The first-order valence-electron chi connectivity index (χ1n) is 9.21. The second-order valence-electron chi connectivity index (χ2n) is 6.59. The molecular formula is C20H24N2O6S2. The van der Waals surface area contributed by atoms with Gasteiger partial charge in [0.05, 0.1) is 17.6 Å². The Balaban J connectivity index is 1.70. The number of sulfonamides is 1. The minimum Gasteiger partial charge on any atom is -0.457 e. The summed E-state index contributed by atoms with van der Waals surface area (Å²) in [5.41, 5.74) is 1.38. The third kappa shape index (κ3) is 8.05. The van der Waals surface area contributed by atoms with Gasteiger partial charge in [-0.05, 0) is 37.1 Å². The zero-order valence-electron chi connectivity index (χ0n) is 16.8. The van der Waals surface area contributed by atoms with E-state index in [1.54, 1.807) is 24.3 Å². The number of esters is 1. The number of carbonyl (C=O) groups is 3. The van der Waals surface area contributed by atoms with Gasteiger partial charge in [-0.2, -0.15) is 0 Å². The number of benzene rings is 1. The second-order valence-corrected chi connectivity index (χ2v) is 9.59. The molecule has 1 aromatic heterocycles. The molecule has 1 heterocycles. The lowest BCUT2D eigenvalue weighted by molar-refractivity contribution is -0.142. The molecule has 0 fully saturated rings. The Morgan fingerprint density at radius 2 is 1.80 bits per heavy atom. The molecule has 1 amide bonds. The molecular weight excluding hydrogens is 428 g/mol. The molecule has 0 atom stereocenters. The van der Waals surface area contributed by atoms with E-state index < -0.39 is 16.0 Å². The highest BCUT2D eigenvalue weighted by Gasteiger charge is 2.14. The number of rotatable bonds is 11. The number of hydrogen-bond donors (Lipinski definition) is 2. The van der Waals surface area contributed by atoms with Gasteiger partial charge in [0.25, 0.3) is 5.91 Å². The van der Waals surface area contributed by atoms with Crippen molar-refractivity contribution < 1.29 is 27.5 Å². The summed E-state index contributed by atoms with van der Waals surface area (Å²) in [5, 5.41) is 2.65. The third-order valence-corrected chi connectivity index (χ3v) is 5.96. The van der Waals surface area contributed by atoms with Gasteiger partial charge in [-0.15, -0.1) is 11.3 Å².